The van der Waals surface area contributed by atoms with E-state index >= 15 is 0 Å². The zero-order valence-electron chi connectivity index (χ0n) is 12.3. The minimum absolute atomic E-state index is 0.0436. The molecule has 0 radical (unpaired) electrons. The highest BCUT2D eigenvalue weighted by atomic mass is 32.1. The van der Waals surface area contributed by atoms with Crippen molar-refractivity contribution < 1.29 is 19.4 Å². The van der Waals surface area contributed by atoms with E-state index in [4.69, 9.17) is 9.84 Å². The van der Waals surface area contributed by atoms with Crippen molar-refractivity contribution in [1.82, 2.24) is 10.3 Å². The van der Waals surface area contributed by atoms with Crippen LogP contribution in [0.1, 0.15) is 28.9 Å². The van der Waals surface area contributed by atoms with E-state index in [1.165, 1.54) is 16.7 Å². The maximum atomic E-state index is 11.9. The molecule has 2 aromatic rings. The predicted octanol–water partition coefficient (Wildman–Crippen LogP) is 2.30. The molecule has 2 heterocycles. The third-order valence-corrected chi connectivity index (χ3v) is 4.48. The number of amides is 1. The molecule has 1 fully saturated rings. The number of rotatable bonds is 5. The Labute approximate surface area is 137 Å². The average molecular weight is 332 g/mol. The lowest BCUT2D eigenvalue weighted by Gasteiger charge is -2.10. The van der Waals surface area contributed by atoms with Gasteiger partial charge in [-0.3, -0.25) is 4.79 Å². The van der Waals surface area contributed by atoms with Crippen LogP contribution in [-0.2, 0) is 16.1 Å². The SMILES string of the molecule is O=C(O)c1csc(-c2cccc(CNC(=O)[C@@H]3CCCO3)c2)n1. The molecule has 0 aliphatic carbocycles. The molecule has 0 saturated carbocycles. The third kappa shape index (κ3) is 3.75. The van der Waals surface area contributed by atoms with Gasteiger partial charge >= 0.3 is 5.97 Å². The number of aromatic carboxylic acids is 1. The molecule has 2 N–H and O–H groups in total. The molecule has 1 aliphatic rings. The zero-order chi connectivity index (χ0) is 16.2. The number of carbonyl (C=O) groups is 2. The molecule has 23 heavy (non-hydrogen) atoms. The quantitative estimate of drug-likeness (QED) is 0.877. The Hall–Kier alpha value is -2.25. The van der Waals surface area contributed by atoms with Gasteiger partial charge < -0.3 is 15.2 Å². The zero-order valence-corrected chi connectivity index (χ0v) is 13.1. The van der Waals surface area contributed by atoms with E-state index in [-0.39, 0.29) is 17.7 Å². The standard InChI is InChI=1S/C16H16N2O4S/c19-14(13-5-2-6-22-13)17-8-10-3-1-4-11(7-10)15-18-12(9-23-15)16(20)21/h1,3-4,7,9,13H,2,5-6,8H2,(H,17,19)(H,20,21)/t13-/m0/s1. The molecule has 1 aliphatic heterocycles. The lowest BCUT2D eigenvalue weighted by atomic mass is 10.1. The van der Waals surface area contributed by atoms with Crippen LogP contribution in [0.25, 0.3) is 10.6 Å². The van der Waals surface area contributed by atoms with E-state index in [2.05, 4.69) is 10.3 Å². The number of nitrogens with one attached hydrogen (secondary N) is 1. The van der Waals surface area contributed by atoms with Crippen molar-refractivity contribution in [3.8, 4) is 10.6 Å². The number of hydrogen-bond acceptors (Lipinski definition) is 5. The first-order chi connectivity index (χ1) is 11.1. The summed E-state index contributed by atoms with van der Waals surface area (Å²) in [4.78, 5) is 26.9. The van der Waals surface area contributed by atoms with Crippen molar-refractivity contribution in [3.05, 3.63) is 40.9 Å². The van der Waals surface area contributed by atoms with Gasteiger partial charge in [0.25, 0.3) is 0 Å². The van der Waals surface area contributed by atoms with E-state index in [9.17, 15) is 9.59 Å². The fourth-order valence-corrected chi connectivity index (χ4v) is 3.20. The smallest absolute Gasteiger partial charge is 0.355 e. The number of hydrogen-bond donors (Lipinski definition) is 2. The van der Waals surface area contributed by atoms with Crippen molar-refractivity contribution >= 4 is 23.2 Å². The van der Waals surface area contributed by atoms with Gasteiger partial charge in [0, 0.05) is 24.1 Å². The number of carboxylic acids is 1. The Morgan fingerprint density at radius 2 is 2.30 bits per heavy atom. The summed E-state index contributed by atoms with van der Waals surface area (Å²) >= 11 is 1.29. The highest BCUT2D eigenvalue weighted by Gasteiger charge is 2.23. The minimum atomic E-state index is -1.03. The molecule has 3 rings (SSSR count). The second-order valence-corrected chi connectivity index (χ2v) is 6.12. The van der Waals surface area contributed by atoms with Gasteiger partial charge in [-0.1, -0.05) is 18.2 Å². The van der Waals surface area contributed by atoms with Crippen LogP contribution in [0.5, 0.6) is 0 Å². The molecular formula is C16H16N2O4S. The maximum absolute atomic E-state index is 11.9. The molecule has 1 atom stereocenters. The Bertz CT molecular complexity index is 722. The topological polar surface area (TPSA) is 88.5 Å². The summed E-state index contributed by atoms with van der Waals surface area (Å²) in [5.41, 5.74) is 1.81. The van der Waals surface area contributed by atoms with Crippen LogP contribution < -0.4 is 5.32 Å². The number of benzene rings is 1. The summed E-state index contributed by atoms with van der Waals surface area (Å²) in [5.74, 6) is -1.12. The number of thiazole rings is 1. The van der Waals surface area contributed by atoms with Crippen molar-refractivity contribution in [3.63, 3.8) is 0 Å². The van der Waals surface area contributed by atoms with Gasteiger partial charge in [0.15, 0.2) is 5.69 Å². The van der Waals surface area contributed by atoms with Crippen LogP contribution in [0, 0.1) is 0 Å². The van der Waals surface area contributed by atoms with Crippen molar-refractivity contribution in [2.24, 2.45) is 0 Å². The molecule has 0 spiro atoms. The van der Waals surface area contributed by atoms with E-state index in [0.717, 1.165) is 24.0 Å². The van der Waals surface area contributed by atoms with Crippen LogP contribution in [-0.4, -0.2) is 34.7 Å². The summed E-state index contributed by atoms with van der Waals surface area (Å²) in [5, 5.41) is 14.0. The summed E-state index contributed by atoms with van der Waals surface area (Å²) < 4.78 is 5.35. The molecule has 120 valence electrons. The van der Waals surface area contributed by atoms with Crippen LogP contribution in [0.3, 0.4) is 0 Å². The first-order valence-corrected chi connectivity index (χ1v) is 8.19. The second kappa shape index (κ2) is 6.89. The molecule has 1 saturated heterocycles. The molecular weight excluding hydrogens is 316 g/mol. The number of nitrogens with zero attached hydrogens (tertiary/aromatic N) is 1. The summed E-state index contributed by atoms with van der Waals surface area (Å²) in [6, 6.07) is 7.55. The summed E-state index contributed by atoms with van der Waals surface area (Å²) in [7, 11) is 0. The number of ether oxygens (including phenoxy) is 1. The monoisotopic (exact) mass is 332 g/mol. The van der Waals surface area contributed by atoms with Crippen LogP contribution in [0.4, 0.5) is 0 Å². The number of carbonyl (C=O) groups excluding carboxylic acids is 1. The summed E-state index contributed by atoms with van der Waals surface area (Å²) in [6.45, 7) is 1.05. The minimum Gasteiger partial charge on any atom is -0.476 e. The van der Waals surface area contributed by atoms with Gasteiger partial charge in [0.05, 0.1) is 0 Å². The predicted molar refractivity (Wildman–Crippen MR) is 85.3 cm³/mol. The normalized spacial score (nSPS) is 17.1. The van der Waals surface area contributed by atoms with Gasteiger partial charge in [-0.05, 0) is 24.5 Å². The summed E-state index contributed by atoms with van der Waals surface area (Å²) in [6.07, 6.45) is 1.35. The van der Waals surface area contributed by atoms with Crippen molar-refractivity contribution in [2.45, 2.75) is 25.5 Å². The van der Waals surface area contributed by atoms with Gasteiger partial charge in [-0.25, -0.2) is 9.78 Å². The van der Waals surface area contributed by atoms with Gasteiger partial charge in [0.2, 0.25) is 5.91 Å². The Morgan fingerprint density at radius 3 is 3.00 bits per heavy atom. The largest absolute Gasteiger partial charge is 0.476 e. The second-order valence-electron chi connectivity index (χ2n) is 5.26. The first-order valence-electron chi connectivity index (χ1n) is 7.31. The maximum Gasteiger partial charge on any atom is 0.355 e. The van der Waals surface area contributed by atoms with Crippen LogP contribution in [0.15, 0.2) is 29.6 Å². The fourth-order valence-electron chi connectivity index (χ4n) is 2.41. The van der Waals surface area contributed by atoms with E-state index < -0.39 is 5.97 Å². The third-order valence-electron chi connectivity index (χ3n) is 3.59. The van der Waals surface area contributed by atoms with Gasteiger partial charge in [-0.2, -0.15) is 0 Å². The van der Waals surface area contributed by atoms with E-state index in [1.807, 2.05) is 24.3 Å². The average Bonchev–Trinajstić information content (AvgIpc) is 3.24. The van der Waals surface area contributed by atoms with Gasteiger partial charge in [0.1, 0.15) is 11.1 Å². The Morgan fingerprint density at radius 1 is 1.43 bits per heavy atom. The van der Waals surface area contributed by atoms with E-state index in [1.54, 1.807) is 0 Å². The van der Waals surface area contributed by atoms with E-state index in [0.29, 0.717) is 18.2 Å². The number of aromatic nitrogens is 1. The molecule has 1 aromatic heterocycles. The molecule has 0 unspecified atom stereocenters. The number of carboxylic acid groups (broad SMARTS) is 1. The molecule has 1 amide bonds. The molecule has 0 bridgehead atoms. The highest BCUT2D eigenvalue weighted by molar-refractivity contribution is 7.13. The Kier molecular flexibility index (Phi) is 4.68. The first kappa shape index (κ1) is 15.6. The van der Waals surface area contributed by atoms with Crippen LogP contribution in [0.2, 0.25) is 0 Å². The van der Waals surface area contributed by atoms with Crippen molar-refractivity contribution in [2.75, 3.05) is 6.61 Å². The van der Waals surface area contributed by atoms with Gasteiger partial charge in [-0.15, -0.1) is 11.3 Å². The lowest BCUT2D eigenvalue weighted by molar-refractivity contribution is -0.130. The fraction of sp³-hybridized carbons (Fsp3) is 0.312. The lowest BCUT2D eigenvalue weighted by Crippen LogP contribution is -2.33. The van der Waals surface area contributed by atoms with Crippen molar-refractivity contribution in [1.29, 1.82) is 0 Å². The highest BCUT2D eigenvalue weighted by Crippen LogP contribution is 2.24. The molecule has 1 aromatic carbocycles. The van der Waals surface area contributed by atoms with Crippen LogP contribution >= 0.6 is 11.3 Å². The molecule has 6 nitrogen and oxygen atoms in total. The Balaban J connectivity index is 1.67. The molecule has 7 heteroatoms.